The lowest BCUT2D eigenvalue weighted by molar-refractivity contribution is -0.117. The van der Waals surface area contributed by atoms with Crippen LogP contribution in [0.25, 0.3) is 6.08 Å². The quantitative estimate of drug-likeness (QED) is 0.562. The van der Waals surface area contributed by atoms with Gasteiger partial charge in [0.2, 0.25) is 11.8 Å². The van der Waals surface area contributed by atoms with E-state index in [-0.39, 0.29) is 16.9 Å². The number of halogens is 1. The molecule has 5 nitrogen and oxygen atoms in total. The van der Waals surface area contributed by atoms with Crippen LogP contribution in [0.5, 0.6) is 0 Å². The number of carbonyl (C=O) groups is 2. The third kappa shape index (κ3) is 6.74. The highest BCUT2D eigenvalue weighted by atomic mass is 35.5. The fourth-order valence-corrected chi connectivity index (χ4v) is 2.28. The average molecular weight is 374 g/mol. The van der Waals surface area contributed by atoms with Crippen molar-refractivity contribution in [3.63, 3.8) is 0 Å². The van der Waals surface area contributed by atoms with Crippen molar-refractivity contribution in [1.29, 1.82) is 0 Å². The Morgan fingerprint density at radius 1 is 0.960 bits per heavy atom. The number of hydrogen-bond acceptors (Lipinski definition) is 3. The molecule has 3 N–H and O–H groups in total. The van der Waals surface area contributed by atoms with E-state index >= 15 is 0 Å². The topological polar surface area (TPSA) is 70.2 Å². The maximum Gasteiger partial charge on any atom is 0.248 e. The lowest BCUT2D eigenvalue weighted by atomic mass is 10.2. The average Bonchev–Trinajstić information content (AvgIpc) is 2.55. The number of hydrogen-bond donors (Lipinski definition) is 3. The number of benzene rings is 2. The van der Waals surface area contributed by atoms with Crippen molar-refractivity contribution in [1.82, 2.24) is 5.32 Å². The summed E-state index contributed by atoms with van der Waals surface area (Å²) in [6, 6.07) is 14.1. The number of nitrogens with one attached hydrogen (secondary N) is 3. The van der Waals surface area contributed by atoms with Gasteiger partial charge in [0, 0.05) is 29.4 Å². The molecule has 0 radical (unpaired) electrons. The summed E-state index contributed by atoms with van der Waals surface area (Å²) in [5.74, 6) is -0.488. The number of rotatable bonds is 4. The lowest BCUT2D eigenvalue weighted by Crippen LogP contribution is -2.32. The summed E-state index contributed by atoms with van der Waals surface area (Å²) in [5, 5.41) is 8.95. The SMILES string of the molecule is CC(=O)NC(=S)Nc1ccc(NC(=O)C=Cc2ccc(Cl)cc2)cc1. The van der Waals surface area contributed by atoms with E-state index in [1.54, 1.807) is 42.5 Å². The Kier molecular flexibility index (Phi) is 6.68. The summed E-state index contributed by atoms with van der Waals surface area (Å²) in [5.41, 5.74) is 2.22. The van der Waals surface area contributed by atoms with Gasteiger partial charge >= 0.3 is 0 Å². The van der Waals surface area contributed by atoms with E-state index in [0.717, 1.165) is 5.56 Å². The van der Waals surface area contributed by atoms with Crippen molar-refractivity contribution in [3.05, 3.63) is 65.2 Å². The molecular formula is C18H16ClN3O2S. The molecule has 0 fully saturated rings. The van der Waals surface area contributed by atoms with E-state index in [4.69, 9.17) is 23.8 Å². The first-order valence-corrected chi connectivity index (χ1v) is 8.14. The fraction of sp³-hybridized carbons (Fsp3) is 0.0556. The minimum absolute atomic E-state index is 0.218. The Hall–Kier alpha value is -2.70. The zero-order valence-corrected chi connectivity index (χ0v) is 14.9. The maximum atomic E-state index is 11.9. The molecule has 0 saturated heterocycles. The van der Waals surface area contributed by atoms with Gasteiger partial charge in [-0.15, -0.1) is 0 Å². The summed E-state index contributed by atoms with van der Waals surface area (Å²) < 4.78 is 0. The second-order valence-electron chi connectivity index (χ2n) is 5.09. The van der Waals surface area contributed by atoms with E-state index in [2.05, 4.69) is 16.0 Å². The second-order valence-corrected chi connectivity index (χ2v) is 5.93. The van der Waals surface area contributed by atoms with Gasteiger partial charge in [-0.25, -0.2) is 0 Å². The largest absolute Gasteiger partial charge is 0.332 e. The second kappa shape index (κ2) is 8.96. The van der Waals surface area contributed by atoms with Crippen LogP contribution in [0.2, 0.25) is 5.02 Å². The molecule has 0 saturated carbocycles. The van der Waals surface area contributed by atoms with Gasteiger partial charge in [-0.1, -0.05) is 23.7 Å². The van der Waals surface area contributed by atoms with Crippen molar-refractivity contribution in [3.8, 4) is 0 Å². The smallest absolute Gasteiger partial charge is 0.248 e. The van der Waals surface area contributed by atoms with Crippen molar-refractivity contribution in [2.45, 2.75) is 6.92 Å². The van der Waals surface area contributed by atoms with Crippen molar-refractivity contribution in [2.75, 3.05) is 10.6 Å². The molecule has 2 amide bonds. The number of anilines is 2. The molecule has 0 bridgehead atoms. The third-order valence-corrected chi connectivity index (χ3v) is 3.45. The molecule has 0 atom stereocenters. The molecule has 2 aromatic rings. The molecule has 0 aliphatic carbocycles. The zero-order valence-electron chi connectivity index (χ0n) is 13.4. The standard InChI is InChI=1S/C18H16ClN3O2S/c1-12(23)20-18(25)22-16-9-7-15(8-10-16)21-17(24)11-4-13-2-5-14(19)6-3-13/h2-11H,1H3,(H,21,24)(H2,20,22,23,25). The Morgan fingerprint density at radius 3 is 2.08 bits per heavy atom. The first kappa shape index (κ1) is 18.6. The van der Waals surface area contributed by atoms with Gasteiger partial charge < -0.3 is 16.0 Å². The molecule has 0 unspecified atom stereocenters. The van der Waals surface area contributed by atoms with Gasteiger partial charge in [0.25, 0.3) is 0 Å². The van der Waals surface area contributed by atoms with Crippen molar-refractivity contribution in [2.24, 2.45) is 0 Å². The Balaban J connectivity index is 1.89. The van der Waals surface area contributed by atoms with Gasteiger partial charge in [0.05, 0.1) is 0 Å². The van der Waals surface area contributed by atoms with Crippen LogP contribution in [0.3, 0.4) is 0 Å². The van der Waals surface area contributed by atoms with Gasteiger partial charge in [-0.05, 0) is 60.3 Å². The first-order chi connectivity index (χ1) is 11.9. The molecule has 2 aromatic carbocycles. The highest BCUT2D eigenvalue weighted by Gasteiger charge is 2.01. The van der Waals surface area contributed by atoms with Crippen LogP contribution >= 0.6 is 23.8 Å². The van der Waals surface area contributed by atoms with Gasteiger partial charge in [-0.2, -0.15) is 0 Å². The highest BCUT2D eigenvalue weighted by Crippen LogP contribution is 2.14. The summed E-state index contributed by atoms with van der Waals surface area (Å²) >= 11 is 10.8. The monoisotopic (exact) mass is 373 g/mol. The normalized spacial score (nSPS) is 10.3. The van der Waals surface area contributed by atoms with E-state index in [9.17, 15) is 9.59 Å². The lowest BCUT2D eigenvalue weighted by Gasteiger charge is -2.09. The van der Waals surface area contributed by atoms with Crippen LogP contribution in [0, 0.1) is 0 Å². The van der Waals surface area contributed by atoms with Crippen LogP contribution in [0.15, 0.2) is 54.6 Å². The van der Waals surface area contributed by atoms with Gasteiger partial charge in [0.1, 0.15) is 0 Å². The fourth-order valence-electron chi connectivity index (χ4n) is 1.89. The minimum Gasteiger partial charge on any atom is -0.332 e. The maximum absolute atomic E-state index is 11.9. The number of amides is 2. The summed E-state index contributed by atoms with van der Waals surface area (Å²) in [4.78, 5) is 22.8. The molecule has 128 valence electrons. The molecule has 0 aliphatic rings. The van der Waals surface area contributed by atoms with Crippen LogP contribution in [0.4, 0.5) is 11.4 Å². The predicted octanol–water partition coefficient (Wildman–Crippen LogP) is 3.82. The molecule has 0 heterocycles. The van der Waals surface area contributed by atoms with Crippen LogP contribution in [-0.2, 0) is 9.59 Å². The number of carbonyl (C=O) groups excluding carboxylic acids is 2. The Bertz CT molecular complexity index is 802. The van der Waals surface area contributed by atoms with E-state index in [0.29, 0.717) is 16.4 Å². The summed E-state index contributed by atoms with van der Waals surface area (Å²) in [7, 11) is 0. The van der Waals surface area contributed by atoms with E-state index < -0.39 is 0 Å². The highest BCUT2D eigenvalue weighted by molar-refractivity contribution is 7.80. The molecule has 7 heteroatoms. The molecule has 0 aliphatic heterocycles. The van der Waals surface area contributed by atoms with Crippen molar-refractivity contribution < 1.29 is 9.59 Å². The minimum atomic E-state index is -0.246. The molecule has 0 aromatic heterocycles. The first-order valence-electron chi connectivity index (χ1n) is 7.35. The van der Waals surface area contributed by atoms with Gasteiger partial charge in [0.15, 0.2) is 5.11 Å². The van der Waals surface area contributed by atoms with Crippen LogP contribution in [0.1, 0.15) is 12.5 Å². The predicted molar refractivity (Wildman–Crippen MR) is 106 cm³/mol. The zero-order chi connectivity index (χ0) is 18.2. The number of thiocarbonyl (C=S) groups is 1. The van der Waals surface area contributed by atoms with Gasteiger partial charge in [-0.3, -0.25) is 9.59 Å². The Morgan fingerprint density at radius 2 is 1.52 bits per heavy atom. The van der Waals surface area contributed by atoms with Crippen molar-refractivity contribution >= 4 is 58.2 Å². The molecule has 25 heavy (non-hydrogen) atoms. The van der Waals surface area contributed by atoms with E-state index in [1.165, 1.54) is 13.0 Å². The summed E-state index contributed by atoms with van der Waals surface area (Å²) in [6.07, 6.45) is 3.15. The molecular weight excluding hydrogens is 358 g/mol. The van der Waals surface area contributed by atoms with E-state index in [1.807, 2.05) is 12.1 Å². The Labute approximate surface area is 156 Å². The summed E-state index contributed by atoms with van der Waals surface area (Å²) in [6.45, 7) is 1.38. The molecule has 0 spiro atoms. The van der Waals surface area contributed by atoms with Crippen LogP contribution in [-0.4, -0.2) is 16.9 Å². The van der Waals surface area contributed by atoms with Crippen LogP contribution < -0.4 is 16.0 Å². The molecule has 2 rings (SSSR count). The third-order valence-electron chi connectivity index (χ3n) is 3.00.